The topological polar surface area (TPSA) is 56.5 Å². The van der Waals surface area contributed by atoms with Gasteiger partial charge >= 0.3 is 0 Å². The molecule has 0 fully saturated rings. The molecule has 0 unspecified atom stereocenters. The SMILES string of the molecule is CC(C)c1nc2c3ccccc3c3ccccc3c2n1-c1ccc(-c2nc(-c3ccccc3)nc(-c3ccccc3)n2)cc1. The van der Waals surface area contributed by atoms with Crippen LogP contribution in [0.2, 0.25) is 0 Å². The summed E-state index contributed by atoms with van der Waals surface area (Å²) in [5, 5.41) is 4.83. The molecule has 0 aliphatic carbocycles. The summed E-state index contributed by atoms with van der Waals surface area (Å²) in [6.45, 7) is 4.41. The highest BCUT2D eigenvalue weighted by atomic mass is 15.1. The Morgan fingerprint density at radius 3 is 1.39 bits per heavy atom. The van der Waals surface area contributed by atoms with E-state index in [2.05, 4.69) is 91.2 Å². The maximum Gasteiger partial charge on any atom is 0.164 e. The van der Waals surface area contributed by atoms with E-state index in [4.69, 9.17) is 19.9 Å². The molecule has 5 nitrogen and oxygen atoms in total. The second-order valence-corrected chi connectivity index (χ2v) is 11.3. The minimum atomic E-state index is 0.227. The van der Waals surface area contributed by atoms with Gasteiger partial charge in [0.05, 0.1) is 11.0 Å². The molecular formula is C39H29N5. The van der Waals surface area contributed by atoms with E-state index in [-0.39, 0.29) is 5.92 Å². The smallest absolute Gasteiger partial charge is 0.164 e. The van der Waals surface area contributed by atoms with E-state index in [1.807, 2.05) is 60.7 Å². The van der Waals surface area contributed by atoms with E-state index >= 15 is 0 Å². The summed E-state index contributed by atoms with van der Waals surface area (Å²) in [5.41, 5.74) is 6.06. The zero-order valence-corrected chi connectivity index (χ0v) is 24.5. The highest BCUT2D eigenvalue weighted by Gasteiger charge is 2.21. The molecule has 6 aromatic carbocycles. The highest BCUT2D eigenvalue weighted by Crippen LogP contribution is 2.38. The molecule has 2 heterocycles. The van der Waals surface area contributed by atoms with Gasteiger partial charge in [-0.25, -0.2) is 19.9 Å². The molecule has 0 radical (unpaired) electrons. The van der Waals surface area contributed by atoms with Crippen molar-refractivity contribution in [2.75, 3.05) is 0 Å². The Morgan fingerprint density at radius 1 is 0.432 bits per heavy atom. The predicted octanol–water partition coefficient (Wildman–Crippen LogP) is 9.64. The number of fused-ring (bicyclic) bond motifs is 6. The van der Waals surface area contributed by atoms with Crippen molar-refractivity contribution in [2.24, 2.45) is 0 Å². The minimum absolute atomic E-state index is 0.227. The summed E-state index contributed by atoms with van der Waals surface area (Å²) in [6.07, 6.45) is 0. The van der Waals surface area contributed by atoms with Crippen LogP contribution in [0.4, 0.5) is 0 Å². The van der Waals surface area contributed by atoms with Crippen molar-refractivity contribution in [2.45, 2.75) is 19.8 Å². The normalized spacial score (nSPS) is 11.6. The molecule has 0 aliphatic rings. The van der Waals surface area contributed by atoms with Crippen LogP contribution in [-0.2, 0) is 0 Å². The second-order valence-electron chi connectivity index (χ2n) is 11.3. The average molecular weight is 568 g/mol. The standard InChI is InChI=1S/C39H29N5/c1-25(2)39-40-34-32-19-11-9-17-30(32)31-18-10-12-20-33(31)35(34)44(39)29-23-21-28(22-24-29)38-42-36(26-13-5-3-6-14-26)41-37(43-38)27-15-7-4-8-16-27/h3-25H,1-2H3. The molecule has 2 aromatic heterocycles. The van der Waals surface area contributed by atoms with Crippen molar-refractivity contribution in [3.63, 3.8) is 0 Å². The first-order chi connectivity index (χ1) is 21.7. The molecule has 8 aromatic rings. The Hall–Kier alpha value is -5.68. The van der Waals surface area contributed by atoms with Gasteiger partial charge in [0.25, 0.3) is 0 Å². The average Bonchev–Trinajstić information content (AvgIpc) is 3.51. The summed E-state index contributed by atoms with van der Waals surface area (Å²) in [4.78, 5) is 20.0. The predicted molar refractivity (Wildman–Crippen MR) is 180 cm³/mol. The van der Waals surface area contributed by atoms with Crippen molar-refractivity contribution < 1.29 is 0 Å². The number of hydrogen-bond donors (Lipinski definition) is 0. The third kappa shape index (κ3) is 4.33. The molecule has 0 amide bonds. The summed E-state index contributed by atoms with van der Waals surface area (Å²) < 4.78 is 2.33. The lowest BCUT2D eigenvalue weighted by Gasteiger charge is -2.14. The van der Waals surface area contributed by atoms with Crippen LogP contribution in [0.3, 0.4) is 0 Å². The number of nitrogens with zero attached hydrogens (tertiary/aromatic N) is 5. The lowest BCUT2D eigenvalue weighted by molar-refractivity contribution is 0.760. The van der Waals surface area contributed by atoms with Crippen molar-refractivity contribution in [1.82, 2.24) is 24.5 Å². The molecule has 0 spiro atoms. The van der Waals surface area contributed by atoms with Crippen LogP contribution in [0, 0.1) is 0 Å². The fraction of sp³-hybridized carbons (Fsp3) is 0.0769. The van der Waals surface area contributed by atoms with Gasteiger partial charge in [0.2, 0.25) is 0 Å². The molecule has 5 heteroatoms. The molecule has 0 bridgehead atoms. The fourth-order valence-electron chi connectivity index (χ4n) is 6.07. The quantitative estimate of drug-likeness (QED) is 0.194. The molecule has 210 valence electrons. The maximum atomic E-state index is 5.27. The fourth-order valence-corrected chi connectivity index (χ4v) is 6.07. The Bertz CT molecular complexity index is 2230. The molecular weight excluding hydrogens is 538 g/mol. The number of rotatable bonds is 5. The monoisotopic (exact) mass is 567 g/mol. The Labute approximate surface area is 255 Å². The van der Waals surface area contributed by atoms with E-state index in [1.54, 1.807) is 0 Å². The first-order valence-electron chi connectivity index (χ1n) is 15.0. The van der Waals surface area contributed by atoms with Crippen LogP contribution in [0.5, 0.6) is 0 Å². The number of benzene rings is 6. The largest absolute Gasteiger partial charge is 0.295 e. The first kappa shape index (κ1) is 26.0. The van der Waals surface area contributed by atoms with Gasteiger partial charge in [-0.2, -0.15) is 0 Å². The Morgan fingerprint density at radius 2 is 0.864 bits per heavy atom. The number of aromatic nitrogens is 5. The molecule has 0 saturated heterocycles. The molecule has 8 rings (SSSR count). The second kappa shape index (κ2) is 10.5. The summed E-state index contributed by atoms with van der Waals surface area (Å²) in [6, 6.07) is 45.9. The molecule has 0 N–H and O–H groups in total. The highest BCUT2D eigenvalue weighted by molar-refractivity contribution is 6.23. The molecule has 44 heavy (non-hydrogen) atoms. The van der Waals surface area contributed by atoms with E-state index in [0.29, 0.717) is 17.5 Å². The van der Waals surface area contributed by atoms with Gasteiger partial charge < -0.3 is 0 Å². The van der Waals surface area contributed by atoms with Gasteiger partial charge in [0.15, 0.2) is 17.5 Å². The number of hydrogen-bond acceptors (Lipinski definition) is 4. The van der Waals surface area contributed by atoms with Crippen molar-refractivity contribution in [3.05, 3.63) is 139 Å². The zero-order valence-electron chi connectivity index (χ0n) is 24.5. The Balaban J connectivity index is 1.32. The van der Waals surface area contributed by atoms with E-state index in [0.717, 1.165) is 39.2 Å². The van der Waals surface area contributed by atoms with Crippen molar-refractivity contribution in [1.29, 1.82) is 0 Å². The zero-order chi connectivity index (χ0) is 29.6. The van der Waals surface area contributed by atoms with Crippen LogP contribution in [0.1, 0.15) is 25.6 Å². The van der Waals surface area contributed by atoms with Gasteiger partial charge in [-0.15, -0.1) is 0 Å². The summed E-state index contributed by atoms with van der Waals surface area (Å²) in [5.74, 6) is 3.21. The van der Waals surface area contributed by atoms with E-state index in [9.17, 15) is 0 Å². The third-order valence-electron chi connectivity index (χ3n) is 8.16. The maximum absolute atomic E-state index is 5.27. The van der Waals surface area contributed by atoms with E-state index in [1.165, 1.54) is 21.5 Å². The van der Waals surface area contributed by atoms with Gasteiger partial charge in [-0.3, -0.25) is 4.57 Å². The van der Waals surface area contributed by atoms with Gasteiger partial charge in [-0.05, 0) is 35.0 Å². The van der Waals surface area contributed by atoms with Crippen LogP contribution in [0.25, 0.3) is 72.4 Å². The molecule has 0 saturated carbocycles. The van der Waals surface area contributed by atoms with Gasteiger partial charge in [0, 0.05) is 39.1 Å². The van der Waals surface area contributed by atoms with Crippen LogP contribution < -0.4 is 0 Å². The van der Waals surface area contributed by atoms with Crippen molar-refractivity contribution >= 4 is 32.6 Å². The van der Waals surface area contributed by atoms with Crippen LogP contribution in [0.15, 0.2) is 133 Å². The van der Waals surface area contributed by atoms with Crippen LogP contribution >= 0.6 is 0 Å². The van der Waals surface area contributed by atoms with Gasteiger partial charge in [0.1, 0.15) is 5.82 Å². The third-order valence-corrected chi connectivity index (χ3v) is 8.16. The first-order valence-corrected chi connectivity index (χ1v) is 15.0. The van der Waals surface area contributed by atoms with Crippen molar-refractivity contribution in [3.8, 4) is 39.9 Å². The molecule has 0 aliphatic heterocycles. The molecule has 0 atom stereocenters. The number of imidazole rings is 1. The summed E-state index contributed by atoms with van der Waals surface area (Å²) in [7, 11) is 0. The van der Waals surface area contributed by atoms with Crippen LogP contribution in [-0.4, -0.2) is 24.5 Å². The Kier molecular flexibility index (Phi) is 6.23. The summed E-state index contributed by atoms with van der Waals surface area (Å²) >= 11 is 0. The minimum Gasteiger partial charge on any atom is -0.295 e. The lowest BCUT2D eigenvalue weighted by Crippen LogP contribution is -2.04. The van der Waals surface area contributed by atoms with Gasteiger partial charge in [-0.1, -0.05) is 123 Å². The lowest BCUT2D eigenvalue weighted by atomic mass is 10.00. The van der Waals surface area contributed by atoms with E-state index < -0.39 is 0 Å².